The molecule has 6 saturated heterocycles. The van der Waals surface area contributed by atoms with Crippen LogP contribution in [0.1, 0.15) is 0 Å². The Hall–Kier alpha value is 0.0948. The zero-order valence-electron chi connectivity index (χ0n) is 20.3. The summed E-state index contributed by atoms with van der Waals surface area (Å²) in [5.41, 5.74) is -4.62. The van der Waals surface area contributed by atoms with E-state index >= 15 is 0 Å². The van der Waals surface area contributed by atoms with Crippen LogP contribution in [-0.2, 0) is 55.6 Å². The number of fused-ring (bicyclic) bond motifs is 6. The number of hydrogen-bond acceptors (Lipinski definition) is 14. The summed E-state index contributed by atoms with van der Waals surface area (Å²) in [5.74, 6) is 0. The summed E-state index contributed by atoms with van der Waals surface area (Å²) in [7, 11) is 7.66. The highest BCUT2D eigenvalue weighted by molar-refractivity contribution is 7.47. The fourth-order valence-corrected chi connectivity index (χ4v) is 7.87. The van der Waals surface area contributed by atoms with E-state index in [0.717, 1.165) is 0 Å². The number of rotatable bonds is 11. The second-order valence-electron chi connectivity index (χ2n) is 10.4. The van der Waals surface area contributed by atoms with E-state index in [4.69, 9.17) is 70.1 Å². The van der Waals surface area contributed by atoms with Crippen LogP contribution in [-0.4, -0.2) is 155 Å². The molecule has 0 spiro atoms. The first-order valence-corrected chi connectivity index (χ1v) is 15.0. The van der Waals surface area contributed by atoms with Gasteiger partial charge in [0, 0.05) is 18.0 Å². The van der Waals surface area contributed by atoms with Crippen LogP contribution >= 0.6 is 15.6 Å². The molecule has 0 aromatic carbocycles. The molecular formula is C18H25B3O16P2. The molecule has 0 aliphatic carbocycles. The number of phosphoric ester groups is 2. The third-order valence-electron chi connectivity index (χ3n) is 7.83. The molecule has 4 N–H and O–H groups in total. The summed E-state index contributed by atoms with van der Waals surface area (Å²) in [5, 5.41) is 20.1. The maximum absolute atomic E-state index is 12.9. The van der Waals surface area contributed by atoms with Crippen molar-refractivity contribution in [3.63, 3.8) is 0 Å². The van der Waals surface area contributed by atoms with Gasteiger partial charge in [0.15, 0.2) is 0 Å². The first-order valence-electron chi connectivity index (χ1n) is 12.0. The Balaban J connectivity index is 1.10. The highest BCUT2D eigenvalue weighted by Gasteiger charge is 2.66. The second-order valence-corrected chi connectivity index (χ2v) is 13.2. The molecule has 5 unspecified atom stereocenters. The summed E-state index contributed by atoms with van der Waals surface area (Å²) < 4.78 is 79.5. The molecule has 0 aromatic heterocycles. The van der Waals surface area contributed by atoms with Gasteiger partial charge in [-0.05, 0) is 0 Å². The maximum Gasteiger partial charge on any atom is 0.472 e. The Morgan fingerprint density at radius 2 is 1.13 bits per heavy atom. The van der Waals surface area contributed by atoms with E-state index in [0.29, 0.717) is 0 Å². The molecule has 6 aliphatic rings. The van der Waals surface area contributed by atoms with Crippen molar-refractivity contribution in [2.45, 2.75) is 71.4 Å². The molecule has 14 atom stereocenters. The van der Waals surface area contributed by atoms with Gasteiger partial charge in [-0.25, -0.2) is 9.13 Å². The Kier molecular flexibility index (Phi) is 7.34. The van der Waals surface area contributed by atoms with Crippen molar-refractivity contribution in [2.24, 2.45) is 0 Å². The van der Waals surface area contributed by atoms with Gasteiger partial charge in [-0.3, -0.25) is 18.1 Å². The van der Waals surface area contributed by atoms with Crippen molar-refractivity contribution in [3.05, 3.63) is 0 Å². The van der Waals surface area contributed by atoms with Gasteiger partial charge in [-0.2, -0.15) is 0 Å². The lowest BCUT2D eigenvalue weighted by Gasteiger charge is -2.33. The monoisotopic (exact) mass is 592 g/mol. The van der Waals surface area contributed by atoms with Crippen LogP contribution in [0, 0.1) is 0 Å². The lowest BCUT2D eigenvalue weighted by atomic mass is 9.92. The maximum atomic E-state index is 12.9. The van der Waals surface area contributed by atoms with Gasteiger partial charge in [0.2, 0.25) is 0 Å². The summed E-state index contributed by atoms with van der Waals surface area (Å²) >= 11 is 0. The Bertz CT molecular complexity index is 1080. The van der Waals surface area contributed by atoms with Crippen molar-refractivity contribution >= 4 is 39.2 Å². The molecule has 0 saturated carbocycles. The predicted octanol–water partition coefficient (Wildman–Crippen LogP) is -3.67. The number of hydrogen-bond donors (Lipinski definition) is 4. The second kappa shape index (κ2) is 9.81. The van der Waals surface area contributed by atoms with Crippen LogP contribution in [0.5, 0.6) is 0 Å². The molecule has 6 heterocycles. The minimum atomic E-state index is -4.89. The van der Waals surface area contributed by atoms with E-state index in [1.807, 2.05) is 0 Å². The average molecular weight is 592 g/mol. The van der Waals surface area contributed by atoms with E-state index < -0.39 is 107 Å². The van der Waals surface area contributed by atoms with Crippen molar-refractivity contribution in [3.8, 4) is 0 Å². The van der Waals surface area contributed by atoms with Crippen molar-refractivity contribution in [1.82, 2.24) is 0 Å². The third kappa shape index (κ3) is 4.76. The van der Waals surface area contributed by atoms with Crippen LogP contribution in [0.3, 0.4) is 0 Å². The number of ether oxygens (including phenoxy) is 6. The van der Waals surface area contributed by atoms with Crippen LogP contribution in [0.2, 0.25) is 0 Å². The highest BCUT2D eigenvalue weighted by Crippen LogP contribution is 2.56. The topological polar surface area (TPSA) is 207 Å². The van der Waals surface area contributed by atoms with E-state index in [1.54, 1.807) is 0 Å². The molecule has 6 bridgehead atoms. The largest absolute Gasteiger partial charge is 0.472 e. The van der Waals surface area contributed by atoms with Gasteiger partial charge in [0.05, 0.1) is 39.6 Å². The highest BCUT2D eigenvalue weighted by atomic mass is 31.2. The summed E-state index contributed by atoms with van der Waals surface area (Å²) in [6, 6.07) is -3.09. The van der Waals surface area contributed by atoms with Crippen LogP contribution in [0.15, 0.2) is 0 Å². The minimum absolute atomic E-state index is 0.117. The van der Waals surface area contributed by atoms with Gasteiger partial charge < -0.3 is 48.4 Å². The van der Waals surface area contributed by atoms with Gasteiger partial charge in [0.1, 0.15) is 77.0 Å². The number of phosphoric acid groups is 2. The van der Waals surface area contributed by atoms with Crippen LogP contribution in [0.4, 0.5) is 0 Å². The molecule has 6 aliphatic heterocycles. The summed E-state index contributed by atoms with van der Waals surface area (Å²) in [6.45, 7) is -2.43. The zero-order valence-corrected chi connectivity index (χ0v) is 22.0. The first kappa shape index (κ1) is 29.2. The molecular weight excluding hydrogens is 567 g/mol. The smallest absolute Gasteiger partial charge is 0.393 e. The van der Waals surface area contributed by atoms with E-state index in [9.17, 15) is 29.1 Å². The third-order valence-corrected chi connectivity index (χ3v) is 9.73. The summed E-state index contributed by atoms with van der Waals surface area (Å²) in [6.07, 6.45) is -6.59. The predicted molar refractivity (Wildman–Crippen MR) is 124 cm³/mol. The summed E-state index contributed by atoms with van der Waals surface area (Å²) in [4.78, 5) is 20.9. The standard InChI is InChI=1S/C18H25B3O16P2/c19-13-7-10(23)17(34-13,3-28-7)5-31-38(24,25)37-12-9-15(21)35-18(12,4-30-9)6-32-39(26,27)36-11-8-14(20)33-16(11,1-22)2-29-8/h7-15,22-23H,1-6H2,(H,24,25)(H,26,27)/t7-,8-,9-,10?,11?,12?,13+,14+,15+,16-,17+,18+/m0/s1. The normalized spacial score (nSPS) is 52.9. The van der Waals surface area contributed by atoms with Crippen LogP contribution < -0.4 is 0 Å². The van der Waals surface area contributed by atoms with Crippen molar-refractivity contribution < 1.29 is 75.6 Å². The average Bonchev–Trinajstić information content (AvgIpc) is 3.65. The van der Waals surface area contributed by atoms with Crippen molar-refractivity contribution in [1.29, 1.82) is 0 Å². The molecule has 39 heavy (non-hydrogen) atoms. The lowest BCUT2D eigenvalue weighted by molar-refractivity contribution is -0.142. The molecule has 0 aromatic rings. The quantitative estimate of drug-likeness (QED) is 0.135. The molecule has 212 valence electrons. The lowest BCUT2D eigenvalue weighted by Crippen LogP contribution is -2.47. The Labute approximate surface area is 226 Å². The molecule has 6 fully saturated rings. The SMILES string of the molecule is [B][C@@H]1O[C@@]2(COP(=O)(O)OC3[C@@H]4OC[C@]3(COP(=O)(O)OC3[C@@H]5OC[C@]3(CO)O[C@H]5[B])O[C@H]4[B])CO[C@H]1C2O. The number of aliphatic hydroxyl groups is 2. The van der Waals surface area contributed by atoms with Gasteiger partial charge in [-0.15, -0.1) is 0 Å². The number of aliphatic hydroxyl groups excluding tert-OH is 2. The zero-order chi connectivity index (χ0) is 28.0. The molecule has 21 heteroatoms. The molecule has 16 nitrogen and oxygen atoms in total. The van der Waals surface area contributed by atoms with Gasteiger partial charge in [0.25, 0.3) is 0 Å². The van der Waals surface area contributed by atoms with Gasteiger partial charge >= 0.3 is 15.6 Å². The van der Waals surface area contributed by atoms with E-state index in [2.05, 4.69) is 0 Å². The van der Waals surface area contributed by atoms with Crippen LogP contribution in [0.25, 0.3) is 0 Å². The minimum Gasteiger partial charge on any atom is -0.393 e. The van der Waals surface area contributed by atoms with E-state index in [1.165, 1.54) is 0 Å². The van der Waals surface area contributed by atoms with Crippen molar-refractivity contribution in [2.75, 3.05) is 39.6 Å². The molecule has 0 amide bonds. The molecule has 6 radical (unpaired) electrons. The fourth-order valence-electron chi connectivity index (χ4n) is 5.79. The Morgan fingerprint density at radius 3 is 1.62 bits per heavy atom. The fraction of sp³-hybridized carbons (Fsp3) is 1.00. The van der Waals surface area contributed by atoms with Gasteiger partial charge in [-0.1, -0.05) is 0 Å². The molecule has 6 rings (SSSR count). The van der Waals surface area contributed by atoms with E-state index in [-0.39, 0.29) is 19.8 Å². The first-order chi connectivity index (χ1) is 18.2. The Morgan fingerprint density at radius 1 is 0.718 bits per heavy atom.